The Morgan fingerprint density at radius 3 is 2.50 bits per heavy atom. The summed E-state index contributed by atoms with van der Waals surface area (Å²) < 4.78 is 0. The highest BCUT2D eigenvalue weighted by Crippen LogP contribution is 1.79. The largest absolute Gasteiger partial charge is 0.272 e. The maximum atomic E-state index is 3.68. The fourth-order valence-electron chi connectivity index (χ4n) is 0.224. The van der Waals surface area contributed by atoms with E-state index in [4.69, 9.17) is 0 Å². The molecule has 0 aliphatic carbocycles. The highest BCUT2D eigenvalue weighted by molar-refractivity contribution is 4.81. The molecule has 6 heavy (non-hydrogen) atoms. The number of nitrogens with zero attached hydrogens (tertiary/aromatic N) is 1. The van der Waals surface area contributed by atoms with Crippen LogP contribution in [-0.2, 0) is 0 Å². The molecule has 0 unspecified atom stereocenters. The highest BCUT2D eigenvalue weighted by atomic mass is 14.6. The second kappa shape index (κ2) is 4.49. The van der Waals surface area contributed by atoms with E-state index in [0.29, 0.717) is 0 Å². The lowest BCUT2D eigenvalue weighted by atomic mass is 10.4. The zero-order chi connectivity index (χ0) is 4.83. The molecule has 0 aromatic heterocycles. The Balaban J connectivity index is 2.79. The van der Waals surface area contributed by atoms with Gasteiger partial charge in [-0.15, -0.1) is 0 Å². The zero-order valence-corrected chi connectivity index (χ0v) is 4.36. The quantitative estimate of drug-likeness (QED) is 0.456. The first-order chi connectivity index (χ1) is 2.91. The maximum Gasteiger partial charge on any atom is 0.272 e. The van der Waals surface area contributed by atoms with Crippen molar-refractivity contribution in [2.75, 3.05) is 7.05 Å². The smallest absolute Gasteiger partial charge is 0.0870 e. The molecule has 1 heteroatoms. The molecule has 0 heterocycles. The van der Waals surface area contributed by atoms with Gasteiger partial charge in [0.15, 0.2) is 0 Å². The van der Waals surface area contributed by atoms with Gasteiger partial charge in [0.25, 0.3) is 13.1 Å². The molecule has 0 aromatic rings. The van der Waals surface area contributed by atoms with Crippen molar-refractivity contribution in [2.24, 2.45) is 0 Å². The van der Waals surface area contributed by atoms with Crippen LogP contribution in [-0.4, -0.2) is 7.05 Å². The third kappa shape index (κ3) is 3.49. The first-order valence-electron chi connectivity index (χ1n) is 2.23. The summed E-state index contributed by atoms with van der Waals surface area (Å²) in [6.45, 7) is 2.11. The SMILES string of the molecule is CCCC#[N+]C. The summed E-state index contributed by atoms with van der Waals surface area (Å²) in [6.07, 6.45) is 2.15. The van der Waals surface area contributed by atoms with Crippen LogP contribution in [0.4, 0.5) is 0 Å². The van der Waals surface area contributed by atoms with E-state index in [-0.39, 0.29) is 0 Å². The Hall–Kier alpha value is -0.510. The van der Waals surface area contributed by atoms with Crippen LogP contribution in [0, 0.1) is 6.07 Å². The molecular formula is C5H10N+. The first-order valence-corrected chi connectivity index (χ1v) is 2.23. The summed E-state index contributed by atoms with van der Waals surface area (Å²) in [5.74, 6) is 0. The molecule has 0 aliphatic heterocycles. The van der Waals surface area contributed by atoms with E-state index < -0.39 is 0 Å². The van der Waals surface area contributed by atoms with E-state index in [0.717, 1.165) is 12.8 Å². The van der Waals surface area contributed by atoms with Gasteiger partial charge < -0.3 is 0 Å². The van der Waals surface area contributed by atoms with E-state index >= 15 is 0 Å². The van der Waals surface area contributed by atoms with Crippen LogP contribution in [0.15, 0.2) is 0 Å². The van der Waals surface area contributed by atoms with Crippen LogP contribution in [0.3, 0.4) is 0 Å². The molecule has 0 saturated carbocycles. The molecule has 0 aliphatic rings. The lowest BCUT2D eigenvalue weighted by Gasteiger charge is -1.62. The predicted octanol–water partition coefficient (Wildman–Crippen LogP) is 1.75. The van der Waals surface area contributed by atoms with Crippen molar-refractivity contribution >= 4 is 0 Å². The third-order valence-electron chi connectivity index (χ3n) is 0.520. The van der Waals surface area contributed by atoms with Crippen molar-refractivity contribution < 1.29 is 0 Å². The molecule has 0 rings (SSSR count). The van der Waals surface area contributed by atoms with Crippen molar-refractivity contribution in [2.45, 2.75) is 19.8 Å². The minimum Gasteiger partial charge on any atom is -0.0870 e. The molecule has 0 fully saturated rings. The summed E-state index contributed by atoms with van der Waals surface area (Å²) in [6, 6.07) is 2.82. The van der Waals surface area contributed by atoms with E-state index in [1.165, 1.54) is 0 Å². The van der Waals surface area contributed by atoms with Crippen LogP contribution in [0.2, 0.25) is 0 Å². The van der Waals surface area contributed by atoms with Gasteiger partial charge in [-0.25, -0.2) is 0 Å². The van der Waals surface area contributed by atoms with Crippen LogP contribution in [0.1, 0.15) is 19.8 Å². The number of hydrogen-bond acceptors (Lipinski definition) is 0. The molecule has 0 N–H and O–H groups in total. The fourth-order valence-corrected chi connectivity index (χ4v) is 0.224. The van der Waals surface area contributed by atoms with Gasteiger partial charge in [0.05, 0.1) is 6.42 Å². The molecule has 0 bridgehead atoms. The Morgan fingerprint density at radius 1 is 1.67 bits per heavy atom. The number of hydrogen-bond donors (Lipinski definition) is 0. The topological polar surface area (TPSA) is 4.36 Å². The number of rotatable bonds is 1. The molecule has 0 spiro atoms. The Labute approximate surface area is 38.8 Å². The Kier molecular flexibility index (Phi) is 4.11. The molecule has 34 valence electrons. The lowest BCUT2D eigenvalue weighted by molar-refractivity contribution is 0.981. The minimum atomic E-state index is 0.997. The monoisotopic (exact) mass is 84.1 g/mol. The van der Waals surface area contributed by atoms with Crippen molar-refractivity contribution in [3.05, 3.63) is 4.85 Å². The third-order valence-corrected chi connectivity index (χ3v) is 0.520. The van der Waals surface area contributed by atoms with Crippen molar-refractivity contribution in [3.63, 3.8) is 0 Å². The summed E-state index contributed by atoms with van der Waals surface area (Å²) in [5, 5.41) is 0. The van der Waals surface area contributed by atoms with Crippen LogP contribution in [0.5, 0.6) is 0 Å². The average molecular weight is 84.1 g/mol. The van der Waals surface area contributed by atoms with Gasteiger partial charge in [0, 0.05) is 0 Å². The van der Waals surface area contributed by atoms with Gasteiger partial charge in [-0.3, -0.25) is 0 Å². The van der Waals surface area contributed by atoms with E-state index in [1.54, 1.807) is 7.05 Å². The van der Waals surface area contributed by atoms with Crippen LogP contribution >= 0.6 is 0 Å². The van der Waals surface area contributed by atoms with Gasteiger partial charge in [0.2, 0.25) is 0 Å². The van der Waals surface area contributed by atoms with Gasteiger partial charge in [-0.1, -0.05) is 11.8 Å². The predicted molar refractivity (Wildman–Crippen MR) is 28.1 cm³/mol. The van der Waals surface area contributed by atoms with Crippen molar-refractivity contribution in [3.8, 4) is 6.07 Å². The van der Waals surface area contributed by atoms with E-state index in [2.05, 4.69) is 17.8 Å². The van der Waals surface area contributed by atoms with Gasteiger partial charge >= 0.3 is 0 Å². The Bertz CT molecular complexity index is 65.7. The molecule has 0 amide bonds. The van der Waals surface area contributed by atoms with Crippen molar-refractivity contribution in [1.82, 2.24) is 0 Å². The van der Waals surface area contributed by atoms with E-state index in [1.807, 2.05) is 0 Å². The number of unbranched alkanes of at least 4 members (excludes halogenated alkanes) is 1. The summed E-state index contributed by atoms with van der Waals surface area (Å²) >= 11 is 0. The molecule has 0 radical (unpaired) electrons. The molecule has 1 nitrogen and oxygen atoms in total. The van der Waals surface area contributed by atoms with E-state index in [9.17, 15) is 0 Å². The van der Waals surface area contributed by atoms with Crippen LogP contribution < -0.4 is 0 Å². The molecular weight excluding hydrogens is 74.1 g/mol. The average Bonchev–Trinajstić information content (AvgIpc) is 1.61. The second-order valence-corrected chi connectivity index (χ2v) is 1.13. The fraction of sp³-hybridized carbons (Fsp3) is 0.800. The highest BCUT2D eigenvalue weighted by Gasteiger charge is 1.74. The molecule has 0 aromatic carbocycles. The second-order valence-electron chi connectivity index (χ2n) is 1.13. The van der Waals surface area contributed by atoms with Gasteiger partial charge in [-0.05, 0) is 6.42 Å². The minimum absolute atomic E-state index is 0.997. The molecule has 0 atom stereocenters. The molecule has 0 saturated heterocycles. The van der Waals surface area contributed by atoms with Crippen LogP contribution in [0.25, 0.3) is 4.85 Å². The Morgan fingerprint density at radius 2 is 2.33 bits per heavy atom. The van der Waals surface area contributed by atoms with Crippen molar-refractivity contribution in [1.29, 1.82) is 0 Å². The summed E-state index contributed by atoms with van der Waals surface area (Å²) in [4.78, 5) is 3.68. The zero-order valence-electron chi connectivity index (χ0n) is 4.36. The first kappa shape index (κ1) is 5.49. The lowest BCUT2D eigenvalue weighted by Crippen LogP contribution is -1.55. The summed E-state index contributed by atoms with van der Waals surface area (Å²) in [5.41, 5.74) is 0. The standard InChI is InChI=1S/C5H10N/c1-3-4-5-6-2/h3-4H2,1-2H3/q+1. The van der Waals surface area contributed by atoms with Gasteiger partial charge in [0.1, 0.15) is 0 Å². The maximum absolute atomic E-state index is 3.68. The normalized spacial score (nSPS) is 6.33. The summed E-state index contributed by atoms with van der Waals surface area (Å²) in [7, 11) is 1.75. The van der Waals surface area contributed by atoms with Gasteiger partial charge in [-0.2, -0.15) is 0 Å².